The van der Waals surface area contributed by atoms with E-state index in [1.54, 1.807) is 18.0 Å². The number of anilines is 1. The highest BCUT2D eigenvalue weighted by atomic mass is 19.4. The van der Waals surface area contributed by atoms with Crippen LogP contribution in [0.5, 0.6) is 0 Å². The standard InChI is InChI=1S/C18H19F3N4O3/c1-23-11-13(10-22-23)17(27)28-12-16(26)25-7-5-24(6-8-25)15-4-2-3-14(9-15)18(19,20)21/h2-4,9-11H,5-8,12H2,1H3. The van der Waals surface area contributed by atoms with Crippen LogP contribution in [0, 0.1) is 0 Å². The lowest BCUT2D eigenvalue weighted by Gasteiger charge is -2.36. The van der Waals surface area contributed by atoms with Crippen LogP contribution < -0.4 is 4.90 Å². The van der Waals surface area contributed by atoms with Gasteiger partial charge in [-0.3, -0.25) is 9.48 Å². The minimum absolute atomic E-state index is 0.254. The highest BCUT2D eigenvalue weighted by Gasteiger charge is 2.31. The van der Waals surface area contributed by atoms with E-state index in [1.807, 2.05) is 0 Å². The number of hydrogen-bond acceptors (Lipinski definition) is 5. The zero-order valence-electron chi connectivity index (χ0n) is 15.1. The Morgan fingerprint density at radius 1 is 1.18 bits per heavy atom. The predicted octanol–water partition coefficient (Wildman–Crippen LogP) is 1.94. The van der Waals surface area contributed by atoms with Gasteiger partial charge < -0.3 is 14.5 Å². The summed E-state index contributed by atoms with van der Waals surface area (Å²) < 4.78 is 45.0. The number of aryl methyl sites for hydroxylation is 1. The Kier molecular flexibility index (Phi) is 5.57. The predicted molar refractivity (Wildman–Crippen MR) is 93.7 cm³/mol. The first-order valence-electron chi connectivity index (χ1n) is 8.60. The maximum absolute atomic E-state index is 12.9. The molecule has 2 aromatic rings. The van der Waals surface area contributed by atoms with Gasteiger partial charge in [0.1, 0.15) is 0 Å². The fourth-order valence-electron chi connectivity index (χ4n) is 2.92. The van der Waals surface area contributed by atoms with E-state index in [1.165, 1.54) is 28.0 Å². The van der Waals surface area contributed by atoms with E-state index in [0.29, 0.717) is 31.9 Å². The van der Waals surface area contributed by atoms with Crippen LogP contribution in [0.2, 0.25) is 0 Å². The zero-order valence-corrected chi connectivity index (χ0v) is 15.1. The van der Waals surface area contributed by atoms with Crippen molar-refractivity contribution in [3.05, 3.63) is 47.8 Å². The van der Waals surface area contributed by atoms with E-state index >= 15 is 0 Å². The summed E-state index contributed by atoms with van der Waals surface area (Å²) in [6, 6.07) is 5.11. The second-order valence-corrected chi connectivity index (χ2v) is 6.39. The number of nitrogens with zero attached hydrogens (tertiary/aromatic N) is 4. The first kappa shape index (κ1) is 19.7. The van der Waals surface area contributed by atoms with Crippen LogP contribution in [0.3, 0.4) is 0 Å². The highest BCUT2D eigenvalue weighted by Crippen LogP contribution is 2.31. The molecule has 7 nitrogen and oxygen atoms in total. The number of hydrogen-bond donors (Lipinski definition) is 0. The topological polar surface area (TPSA) is 67.7 Å². The minimum Gasteiger partial charge on any atom is -0.452 e. The monoisotopic (exact) mass is 396 g/mol. The average molecular weight is 396 g/mol. The molecule has 1 aromatic heterocycles. The molecule has 2 heterocycles. The summed E-state index contributed by atoms with van der Waals surface area (Å²) in [5, 5.41) is 3.86. The summed E-state index contributed by atoms with van der Waals surface area (Å²) in [6.07, 6.45) is -1.56. The van der Waals surface area contributed by atoms with Crippen LogP contribution >= 0.6 is 0 Å². The van der Waals surface area contributed by atoms with Gasteiger partial charge in [-0.25, -0.2) is 4.79 Å². The molecule has 28 heavy (non-hydrogen) atoms. The van der Waals surface area contributed by atoms with Gasteiger partial charge in [0.2, 0.25) is 0 Å². The molecule has 0 unspecified atom stereocenters. The van der Waals surface area contributed by atoms with E-state index in [-0.39, 0.29) is 11.5 Å². The minimum atomic E-state index is -4.40. The fraction of sp³-hybridized carbons (Fsp3) is 0.389. The quantitative estimate of drug-likeness (QED) is 0.739. The number of carbonyl (C=O) groups is 2. The summed E-state index contributed by atoms with van der Waals surface area (Å²) in [5.74, 6) is -0.981. The molecule has 1 fully saturated rings. The van der Waals surface area contributed by atoms with E-state index in [4.69, 9.17) is 4.74 Å². The Balaban J connectivity index is 1.51. The van der Waals surface area contributed by atoms with Gasteiger partial charge in [-0.1, -0.05) is 6.07 Å². The van der Waals surface area contributed by atoms with Gasteiger partial charge in [0, 0.05) is 45.1 Å². The third kappa shape index (κ3) is 4.62. The molecule has 0 spiro atoms. The second kappa shape index (κ2) is 7.91. The number of benzene rings is 1. The number of esters is 1. The van der Waals surface area contributed by atoms with Crippen molar-refractivity contribution in [3.63, 3.8) is 0 Å². The van der Waals surface area contributed by atoms with Gasteiger partial charge in [0.25, 0.3) is 5.91 Å². The Morgan fingerprint density at radius 2 is 1.89 bits per heavy atom. The number of halogens is 3. The summed E-state index contributed by atoms with van der Waals surface area (Å²) in [7, 11) is 1.66. The van der Waals surface area contributed by atoms with Crippen molar-refractivity contribution < 1.29 is 27.5 Å². The molecule has 1 amide bonds. The lowest BCUT2D eigenvalue weighted by molar-refractivity contribution is -0.137. The Bertz CT molecular complexity index is 858. The Morgan fingerprint density at radius 3 is 2.50 bits per heavy atom. The van der Waals surface area contributed by atoms with Crippen molar-refractivity contribution in [2.45, 2.75) is 6.18 Å². The lowest BCUT2D eigenvalue weighted by atomic mass is 10.1. The van der Waals surface area contributed by atoms with Crippen LogP contribution in [0.25, 0.3) is 0 Å². The van der Waals surface area contributed by atoms with Crippen molar-refractivity contribution in [2.24, 2.45) is 7.05 Å². The van der Waals surface area contributed by atoms with E-state index in [0.717, 1.165) is 12.1 Å². The summed E-state index contributed by atoms with van der Waals surface area (Å²) in [6.45, 7) is 1.06. The molecule has 0 N–H and O–H groups in total. The first-order valence-corrected chi connectivity index (χ1v) is 8.60. The van der Waals surface area contributed by atoms with E-state index in [9.17, 15) is 22.8 Å². The third-order valence-electron chi connectivity index (χ3n) is 4.44. The van der Waals surface area contributed by atoms with Crippen molar-refractivity contribution in [3.8, 4) is 0 Å². The average Bonchev–Trinajstić information content (AvgIpc) is 3.12. The molecule has 0 radical (unpaired) electrons. The number of rotatable bonds is 4. The van der Waals surface area contributed by atoms with Gasteiger partial charge in [0.05, 0.1) is 17.3 Å². The van der Waals surface area contributed by atoms with Gasteiger partial charge in [-0.2, -0.15) is 18.3 Å². The molecule has 150 valence electrons. The fourth-order valence-corrected chi connectivity index (χ4v) is 2.92. The van der Waals surface area contributed by atoms with E-state index < -0.39 is 24.3 Å². The lowest BCUT2D eigenvalue weighted by Crippen LogP contribution is -2.50. The molecule has 1 saturated heterocycles. The van der Waals surface area contributed by atoms with Gasteiger partial charge in [0.15, 0.2) is 6.61 Å². The highest BCUT2D eigenvalue weighted by molar-refractivity contribution is 5.90. The van der Waals surface area contributed by atoms with Crippen molar-refractivity contribution >= 4 is 17.6 Å². The number of aromatic nitrogens is 2. The Labute approximate surface area is 159 Å². The Hall–Kier alpha value is -3.04. The molecule has 1 aliphatic heterocycles. The number of carbonyl (C=O) groups excluding carboxylic acids is 2. The molecule has 10 heteroatoms. The van der Waals surface area contributed by atoms with Crippen LogP contribution in [0.15, 0.2) is 36.7 Å². The zero-order chi connectivity index (χ0) is 20.3. The van der Waals surface area contributed by atoms with E-state index in [2.05, 4.69) is 5.10 Å². The molecule has 0 aliphatic carbocycles. The molecule has 1 aliphatic rings. The van der Waals surface area contributed by atoms with Crippen molar-refractivity contribution in [1.82, 2.24) is 14.7 Å². The van der Waals surface area contributed by atoms with Gasteiger partial charge in [-0.05, 0) is 18.2 Å². The van der Waals surface area contributed by atoms with Crippen molar-refractivity contribution in [1.29, 1.82) is 0 Å². The summed E-state index contributed by atoms with van der Waals surface area (Å²) in [5.41, 5.74) is 0.0143. The van der Waals surface area contributed by atoms with Crippen LogP contribution in [0.4, 0.5) is 18.9 Å². The number of alkyl halides is 3. The molecule has 0 saturated carbocycles. The SMILES string of the molecule is Cn1cc(C(=O)OCC(=O)N2CCN(c3cccc(C(F)(F)F)c3)CC2)cn1. The molecule has 1 aromatic carbocycles. The largest absolute Gasteiger partial charge is 0.452 e. The summed E-state index contributed by atoms with van der Waals surface area (Å²) in [4.78, 5) is 27.4. The second-order valence-electron chi connectivity index (χ2n) is 6.39. The molecule has 0 atom stereocenters. The summed E-state index contributed by atoms with van der Waals surface area (Å²) >= 11 is 0. The third-order valence-corrected chi connectivity index (χ3v) is 4.44. The maximum Gasteiger partial charge on any atom is 0.416 e. The smallest absolute Gasteiger partial charge is 0.416 e. The molecular weight excluding hydrogens is 377 g/mol. The number of amides is 1. The van der Waals surface area contributed by atoms with Gasteiger partial charge in [-0.15, -0.1) is 0 Å². The van der Waals surface area contributed by atoms with Crippen molar-refractivity contribution in [2.75, 3.05) is 37.7 Å². The first-order chi connectivity index (χ1) is 13.2. The van der Waals surface area contributed by atoms with Crippen LogP contribution in [0.1, 0.15) is 15.9 Å². The number of piperazine rings is 1. The van der Waals surface area contributed by atoms with Gasteiger partial charge >= 0.3 is 12.1 Å². The number of ether oxygens (including phenoxy) is 1. The molecular formula is C18H19F3N4O3. The molecule has 3 rings (SSSR count). The molecule has 0 bridgehead atoms. The maximum atomic E-state index is 12.9. The van der Waals surface area contributed by atoms with Crippen LogP contribution in [-0.2, 0) is 22.8 Å². The normalized spacial score (nSPS) is 14.9. The van der Waals surface area contributed by atoms with Crippen LogP contribution in [-0.4, -0.2) is 59.3 Å².